The molecule has 3 N–H and O–H groups in total. The number of nitrogens with one attached hydrogen (secondary N) is 1. The zero-order valence-electron chi connectivity index (χ0n) is 15.3. The first-order chi connectivity index (χ1) is 13.3. The highest BCUT2D eigenvalue weighted by molar-refractivity contribution is 5.89. The molecule has 1 saturated carbocycles. The van der Waals surface area contributed by atoms with E-state index in [-0.39, 0.29) is 35.2 Å². The van der Waals surface area contributed by atoms with E-state index in [2.05, 4.69) is 15.3 Å². The Morgan fingerprint density at radius 2 is 2.04 bits per heavy atom. The van der Waals surface area contributed by atoms with Crippen molar-refractivity contribution in [2.24, 2.45) is 0 Å². The van der Waals surface area contributed by atoms with E-state index in [1.165, 1.54) is 12.1 Å². The number of rotatable bonds is 6. The molecule has 1 aliphatic carbocycles. The van der Waals surface area contributed by atoms with Gasteiger partial charge in [-0.05, 0) is 43.9 Å². The summed E-state index contributed by atoms with van der Waals surface area (Å²) in [6.07, 6.45) is 3.51. The van der Waals surface area contributed by atoms with Gasteiger partial charge >= 0.3 is 11.7 Å². The number of aromatic nitrogens is 2. The minimum Gasteiger partial charge on any atom is -0.478 e. The van der Waals surface area contributed by atoms with Crippen LogP contribution in [0.15, 0.2) is 30.5 Å². The summed E-state index contributed by atoms with van der Waals surface area (Å²) in [6.45, 7) is 0. The van der Waals surface area contributed by atoms with Gasteiger partial charge in [-0.2, -0.15) is 4.98 Å². The van der Waals surface area contributed by atoms with Crippen LogP contribution in [0.25, 0.3) is 0 Å². The number of benzene rings is 1. The Balaban J connectivity index is 1.88. The zero-order chi connectivity index (χ0) is 20.3. The molecule has 28 heavy (non-hydrogen) atoms. The monoisotopic (exact) mass is 387 g/mol. The summed E-state index contributed by atoms with van der Waals surface area (Å²) in [5.74, 6) is -0.753. The number of nitrogens with zero attached hydrogens (tertiary/aromatic N) is 4. The third-order valence-electron chi connectivity index (χ3n) is 4.86. The lowest BCUT2D eigenvalue weighted by molar-refractivity contribution is -0.384. The predicted octanol–water partition coefficient (Wildman–Crippen LogP) is 2.57. The van der Waals surface area contributed by atoms with Gasteiger partial charge in [0.1, 0.15) is 6.20 Å². The summed E-state index contributed by atoms with van der Waals surface area (Å²) in [5, 5.41) is 33.1. The maximum atomic E-state index is 11.4. The van der Waals surface area contributed by atoms with Gasteiger partial charge in [-0.15, -0.1) is 0 Å². The van der Waals surface area contributed by atoms with Crippen LogP contribution in [0, 0.1) is 10.1 Å². The molecule has 1 aliphatic rings. The third-order valence-corrected chi connectivity index (χ3v) is 4.86. The highest BCUT2D eigenvalue weighted by Crippen LogP contribution is 2.32. The maximum absolute atomic E-state index is 11.4. The number of nitro groups is 1. The van der Waals surface area contributed by atoms with Crippen LogP contribution in [-0.2, 0) is 0 Å². The van der Waals surface area contributed by atoms with E-state index in [9.17, 15) is 20.0 Å². The van der Waals surface area contributed by atoms with Crippen LogP contribution in [0.3, 0.4) is 0 Å². The molecule has 0 unspecified atom stereocenters. The standard InChI is InChI=1S/C18H21N5O5/c1-22(13-5-7-14(24)8-6-13)16-15(23(27)28)10-19-18(21-16)20-12-4-2-3-11(9-12)17(25)26/h2-4,9-10,13-14,24H,5-8H2,1H3,(H,25,26)(H,19,20,21)/t13-,14-. The fraction of sp³-hybridized carbons (Fsp3) is 0.389. The summed E-state index contributed by atoms with van der Waals surface area (Å²) >= 11 is 0. The van der Waals surface area contributed by atoms with E-state index >= 15 is 0 Å². The second-order valence-electron chi connectivity index (χ2n) is 6.74. The number of aromatic carboxylic acids is 1. The molecule has 0 radical (unpaired) electrons. The van der Waals surface area contributed by atoms with Gasteiger partial charge in [-0.1, -0.05) is 6.07 Å². The fourth-order valence-corrected chi connectivity index (χ4v) is 3.29. The molecule has 10 nitrogen and oxygen atoms in total. The van der Waals surface area contributed by atoms with Crippen LogP contribution in [0.1, 0.15) is 36.0 Å². The SMILES string of the molecule is CN(c1nc(Nc2cccc(C(=O)O)c2)ncc1[N+](=O)[O-])[C@H]1CC[C@H](O)CC1. The van der Waals surface area contributed by atoms with E-state index < -0.39 is 10.9 Å². The van der Waals surface area contributed by atoms with Gasteiger partial charge in [0.05, 0.1) is 16.6 Å². The van der Waals surface area contributed by atoms with Crippen molar-refractivity contribution in [1.29, 1.82) is 0 Å². The van der Waals surface area contributed by atoms with Crippen LogP contribution in [0.4, 0.5) is 23.1 Å². The maximum Gasteiger partial charge on any atom is 0.335 e. The second-order valence-corrected chi connectivity index (χ2v) is 6.74. The molecule has 0 bridgehead atoms. The van der Waals surface area contributed by atoms with Gasteiger partial charge in [-0.25, -0.2) is 9.78 Å². The van der Waals surface area contributed by atoms with E-state index in [1.807, 2.05) is 0 Å². The van der Waals surface area contributed by atoms with Crippen molar-refractivity contribution in [3.63, 3.8) is 0 Å². The minimum absolute atomic E-state index is 0.0280. The Morgan fingerprint density at radius 1 is 1.32 bits per heavy atom. The summed E-state index contributed by atoms with van der Waals surface area (Å²) in [4.78, 5) is 32.1. The van der Waals surface area contributed by atoms with Crippen molar-refractivity contribution in [2.75, 3.05) is 17.3 Å². The molecule has 0 aliphatic heterocycles. The second kappa shape index (κ2) is 8.17. The van der Waals surface area contributed by atoms with Gasteiger partial charge in [0.15, 0.2) is 0 Å². The molecule has 1 heterocycles. The summed E-state index contributed by atoms with van der Waals surface area (Å²) in [7, 11) is 1.74. The minimum atomic E-state index is -1.06. The van der Waals surface area contributed by atoms with Crippen molar-refractivity contribution < 1.29 is 19.9 Å². The molecule has 0 spiro atoms. The molecule has 2 aromatic rings. The number of aliphatic hydroxyl groups is 1. The van der Waals surface area contributed by atoms with Gasteiger partial charge in [0.25, 0.3) is 0 Å². The number of aliphatic hydroxyl groups excluding tert-OH is 1. The molecule has 0 saturated heterocycles. The first-order valence-corrected chi connectivity index (χ1v) is 8.88. The summed E-state index contributed by atoms with van der Waals surface area (Å²) < 4.78 is 0. The molecule has 1 aromatic carbocycles. The Labute approximate surface area is 161 Å². The quantitative estimate of drug-likeness (QED) is 0.503. The first kappa shape index (κ1) is 19.5. The molecule has 1 fully saturated rings. The molecular weight excluding hydrogens is 366 g/mol. The summed E-state index contributed by atoms with van der Waals surface area (Å²) in [5.41, 5.74) is 0.353. The van der Waals surface area contributed by atoms with Crippen LogP contribution >= 0.6 is 0 Å². The van der Waals surface area contributed by atoms with Crippen LogP contribution in [0.2, 0.25) is 0 Å². The van der Waals surface area contributed by atoms with Crippen molar-refractivity contribution in [3.05, 3.63) is 46.1 Å². The lowest BCUT2D eigenvalue weighted by Gasteiger charge is -2.33. The molecule has 148 valence electrons. The molecule has 1 aromatic heterocycles. The molecule has 0 amide bonds. The predicted molar refractivity (Wildman–Crippen MR) is 102 cm³/mol. The fourth-order valence-electron chi connectivity index (χ4n) is 3.29. The smallest absolute Gasteiger partial charge is 0.335 e. The zero-order valence-corrected chi connectivity index (χ0v) is 15.3. The molecule has 10 heteroatoms. The topological polar surface area (TPSA) is 142 Å². The number of carboxylic acids is 1. The number of carbonyl (C=O) groups is 1. The highest BCUT2D eigenvalue weighted by Gasteiger charge is 2.28. The third kappa shape index (κ3) is 4.34. The van der Waals surface area contributed by atoms with Gasteiger partial charge in [0.2, 0.25) is 11.8 Å². The van der Waals surface area contributed by atoms with Crippen molar-refractivity contribution in [2.45, 2.75) is 37.8 Å². The molecule has 3 rings (SSSR count). The van der Waals surface area contributed by atoms with Crippen molar-refractivity contribution in [3.8, 4) is 0 Å². The average molecular weight is 387 g/mol. The molecular formula is C18H21N5O5. The van der Waals surface area contributed by atoms with E-state index in [1.54, 1.807) is 24.1 Å². The number of hydrogen-bond donors (Lipinski definition) is 3. The van der Waals surface area contributed by atoms with Gasteiger partial charge < -0.3 is 20.4 Å². The Hall–Kier alpha value is -3.27. The van der Waals surface area contributed by atoms with Crippen LogP contribution in [0.5, 0.6) is 0 Å². The van der Waals surface area contributed by atoms with Gasteiger partial charge in [-0.3, -0.25) is 10.1 Å². The van der Waals surface area contributed by atoms with Crippen LogP contribution < -0.4 is 10.2 Å². The van der Waals surface area contributed by atoms with E-state index in [0.29, 0.717) is 31.4 Å². The largest absolute Gasteiger partial charge is 0.478 e. The normalized spacial score (nSPS) is 19.1. The first-order valence-electron chi connectivity index (χ1n) is 8.88. The van der Waals surface area contributed by atoms with E-state index in [4.69, 9.17) is 5.11 Å². The highest BCUT2D eigenvalue weighted by atomic mass is 16.6. The Kier molecular flexibility index (Phi) is 5.69. The Morgan fingerprint density at radius 3 is 2.68 bits per heavy atom. The van der Waals surface area contributed by atoms with Crippen molar-refractivity contribution in [1.82, 2.24) is 9.97 Å². The molecule has 0 atom stereocenters. The van der Waals surface area contributed by atoms with Crippen LogP contribution in [-0.4, -0.2) is 50.3 Å². The lowest BCUT2D eigenvalue weighted by atomic mass is 9.92. The van der Waals surface area contributed by atoms with Crippen molar-refractivity contribution >= 4 is 29.1 Å². The summed E-state index contributed by atoms with van der Waals surface area (Å²) in [6, 6.07) is 6.15. The Bertz CT molecular complexity index is 882. The average Bonchev–Trinajstić information content (AvgIpc) is 2.68. The number of carboxylic acid groups (broad SMARTS) is 1. The van der Waals surface area contributed by atoms with Gasteiger partial charge in [0, 0.05) is 18.8 Å². The number of anilines is 3. The number of hydrogen-bond acceptors (Lipinski definition) is 8. The van der Waals surface area contributed by atoms with E-state index in [0.717, 1.165) is 6.20 Å². The lowest BCUT2D eigenvalue weighted by Crippen LogP contribution is -2.37.